The maximum Gasteiger partial charge on any atom is 0.0798 e. The van der Waals surface area contributed by atoms with Crippen LogP contribution in [0.3, 0.4) is 0 Å². The second-order valence-corrected chi connectivity index (χ2v) is 6.69. The van der Waals surface area contributed by atoms with E-state index in [2.05, 4.69) is 37.7 Å². The first-order valence-corrected chi connectivity index (χ1v) is 7.11. The molecule has 0 saturated heterocycles. The molecule has 1 fully saturated rings. The normalized spacial score (nSPS) is 21.5. The molecule has 1 atom stereocenters. The van der Waals surface area contributed by atoms with E-state index >= 15 is 0 Å². The van der Waals surface area contributed by atoms with Gasteiger partial charge in [-0.25, -0.2) is 4.98 Å². The molecule has 1 aliphatic carbocycles. The van der Waals surface area contributed by atoms with Gasteiger partial charge in [-0.2, -0.15) is 0 Å². The van der Waals surface area contributed by atoms with Crippen LogP contribution < -0.4 is 5.73 Å². The van der Waals surface area contributed by atoms with Crippen LogP contribution in [0.2, 0.25) is 0 Å². The second kappa shape index (κ2) is 4.34. The van der Waals surface area contributed by atoms with Crippen molar-refractivity contribution < 1.29 is 0 Å². The van der Waals surface area contributed by atoms with Gasteiger partial charge >= 0.3 is 0 Å². The molecule has 4 heteroatoms. The van der Waals surface area contributed by atoms with Crippen molar-refractivity contribution in [2.45, 2.75) is 45.7 Å². The molecular formula is C13H23N3S. The van der Waals surface area contributed by atoms with E-state index in [9.17, 15) is 0 Å². The van der Waals surface area contributed by atoms with E-state index in [0.717, 1.165) is 18.8 Å². The number of hydrogen-bond acceptors (Lipinski definition) is 4. The Morgan fingerprint density at radius 3 is 2.65 bits per heavy atom. The summed E-state index contributed by atoms with van der Waals surface area (Å²) in [7, 11) is 2.19. The molecule has 1 saturated carbocycles. The summed E-state index contributed by atoms with van der Waals surface area (Å²) in [6.07, 6.45) is 2.60. The first kappa shape index (κ1) is 13.0. The van der Waals surface area contributed by atoms with Gasteiger partial charge in [0, 0.05) is 23.5 Å². The van der Waals surface area contributed by atoms with Gasteiger partial charge < -0.3 is 5.73 Å². The predicted molar refractivity (Wildman–Crippen MR) is 73.1 cm³/mol. The zero-order chi connectivity index (χ0) is 12.7. The molecule has 0 aliphatic heterocycles. The number of hydrogen-bond donors (Lipinski definition) is 1. The van der Waals surface area contributed by atoms with E-state index in [1.165, 1.54) is 17.7 Å². The first-order valence-electron chi connectivity index (χ1n) is 6.23. The fourth-order valence-electron chi connectivity index (χ4n) is 2.46. The largest absolute Gasteiger partial charge is 0.329 e. The molecule has 2 rings (SSSR count). The molecule has 0 aromatic carbocycles. The van der Waals surface area contributed by atoms with Crippen LogP contribution in [-0.4, -0.2) is 29.0 Å². The lowest BCUT2D eigenvalue weighted by Crippen LogP contribution is -2.55. The van der Waals surface area contributed by atoms with E-state index in [1.807, 2.05) is 5.51 Å². The Labute approximate surface area is 108 Å². The Morgan fingerprint density at radius 2 is 2.24 bits per heavy atom. The van der Waals surface area contributed by atoms with Crippen LogP contribution in [-0.2, 0) is 6.54 Å². The van der Waals surface area contributed by atoms with Gasteiger partial charge in [-0.3, -0.25) is 4.90 Å². The zero-order valence-corrected chi connectivity index (χ0v) is 12.1. The van der Waals surface area contributed by atoms with Crippen molar-refractivity contribution in [3.63, 3.8) is 0 Å². The average molecular weight is 253 g/mol. The lowest BCUT2D eigenvalue weighted by Gasteiger charge is -2.43. The van der Waals surface area contributed by atoms with Gasteiger partial charge in [-0.1, -0.05) is 6.92 Å². The van der Waals surface area contributed by atoms with E-state index in [-0.39, 0.29) is 5.54 Å². The van der Waals surface area contributed by atoms with Crippen molar-refractivity contribution in [3.05, 3.63) is 16.1 Å². The Bertz CT molecular complexity index is 397. The third-order valence-corrected chi connectivity index (χ3v) is 5.69. The van der Waals surface area contributed by atoms with Gasteiger partial charge in [-0.15, -0.1) is 11.3 Å². The van der Waals surface area contributed by atoms with Gasteiger partial charge in [0.05, 0.1) is 11.2 Å². The molecule has 1 unspecified atom stereocenters. The van der Waals surface area contributed by atoms with Crippen LogP contribution in [0, 0.1) is 12.3 Å². The lowest BCUT2D eigenvalue weighted by atomic mass is 9.82. The fourth-order valence-corrected chi connectivity index (χ4v) is 3.29. The molecule has 17 heavy (non-hydrogen) atoms. The SMILES string of the molecule is Cc1ncsc1CN(C)C(C)(CN)C1(C)CC1. The summed E-state index contributed by atoms with van der Waals surface area (Å²) >= 11 is 1.74. The van der Waals surface area contributed by atoms with Gasteiger partial charge in [0.15, 0.2) is 0 Å². The number of nitrogens with zero attached hydrogens (tertiary/aromatic N) is 2. The van der Waals surface area contributed by atoms with Crippen molar-refractivity contribution in [1.29, 1.82) is 0 Å². The minimum Gasteiger partial charge on any atom is -0.329 e. The molecule has 3 nitrogen and oxygen atoms in total. The van der Waals surface area contributed by atoms with E-state index in [4.69, 9.17) is 5.73 Å². The Hall–Kier alpha value is -0.450. The van der Waals surface area contributed by atoms with Crippen LogP contribution in [0.5, 0.6) is 0 Å². The molecular weight excluding hydrogens is 230 g/mol. The molecule has 0 amide bonds. The van der Waals surface area contributed by atoms with Gasteiger partial charge in [0.2, 0.25) is 0 Å². The van der Waals surface area contributed by atoms with Crippen LogP contribution >= 0.6 is 11.3 Å². The maximum atomic E-state index is 6.05. The summed E-state index contributed by atoms with van der Waals surface area (Å²) in [4.78, 5) is 8.09. The van der Waals surface area contributed by atoms with Crippen LogP contribution in [0.1, 0.15) is 37.3 Å². The third kappa shape index (κ3) is 2.14. The summed E-state index contributed by atoms with van der Waals surface area (Å²) in [6.45, 7) is 8.42. The number of nitrogens with two attached hydrogens (primary N) is 1. The number of thiazole rings is 1. The monoisotopic (exact) mass is 253 g/mol. The molecule has 0 radical (unpaired) electrons. The van der Waals surface area contributed by atoms with E-state index < -0.39 is 0 Å². The van der Waals surface area contributed by atoms with Crippen molar-refractivity contribution >= 4 is 11.3 Å². The molecule has 1 aliphatic rings. The van der Waals surface area contributed by atoms with Crippen LogP contribution in [0.4, 0.5) is 0 Å². The standard InChI is InChI=1S/C13H23N3S/c1-10-11(17-9-15-10)7-16(4)13(3,8-14)12(2)5-6-12/h9H,5-8,14H2,1-4H3. The lowest BCUT2D eigenvalue weighted by molar-refractivity contribution is 0.0666. The smallest absolute Gasteiger partial charge is 0.0798 e. The van der Waals surface area contributed by atoms with E-state index in [1.54, 1.807) is 11.3 Å². The molecule has 2 N–H and O–H groups in total. The quantitative estimate of drug-likeness (QED) is 0.876. The first-order chi connectivity index (χ1) is 7.93. The Morgan fingerprint density at radius 1 is 1.59 bits per heavy atom. The highest BCUT2D eigenvalue weighted by Gasteiger charge is 2.54. The minimum absolute atomic E-state index is 0.101. The van der Waals surface area contributed by atoms with Crippen LogP contribution in [0.15, 0.2) is 5.51 Å². The Balaban J connectivity index is 2.13. The zero-order valence-electron chi connectivity index (χ0n) is 11.3. The molecule has 0 bridgehead atoms. The minimum atomic E-state index is 0.101. The molecule has 0 spiro atoms. The van der Waals surface area contributed by atoms with Crippen molar-refractivity contribution in [1.82, 2.24) is 9.88 Å². The van der Waals surface area contributed by atoms with E-state index in [0.29, 0.717) is 5.41 Å². The van der Waals surface area contributed by atoms with Crippen molar-refractivity contribution in [2.75, 3.05) is 13.6 Å². The van der Waals surface area contributed by atoms with Gasteiger partial charge in [-0.05, 0) is 39.2 Å². The molecule has 1 heterocycles. The number of aromatic nitrogens is 1. The Kier molecular flexibility index (Phi) is 3.31. The van der Waals surface area contributed by atoms with Gasteiger partial charge in [0.1, 0.15) is 0 Å². The fraction of sp³-hybridized carbons (Fsp3) is 0.769. The van der Waals surface area contributed by atoms with Gasteiger partial charge in [0.25, 0.3) is 0 Å². The summed E-state index contributed by atoms with van der Waals surface area (Å²) < 4.78 is 0. The average Bonchev–Trinajstić information content (AvgIpc) is 2.94. The highest BCUT2D eigenvalue weighted by atomic mass is 32.1. The number of rotatable bonds is 5. The third-order valence-electron chi connectivity index (χ3n) is 4.77. The summed E-state index contributed by atoms with van der Waals surface area (Å²) in [5.74, 6) is 0. The van der Waals surface area contributed by atoms with Crippen LogP contribution in [0.25, 0.3) is 0 Å². The molecule has 1 aromatic heterocycles. The predicted octanol–water partition coefficient (Wildman–Crippen LogP) is 2.40. The maximum absolute atomic E-state index is 6.05. The highest BCUT2D eigenvalue weighted by Crippen LogP contribution is 2.55. The van der Waals surface area contributed by atoms with Crippen molar-refractivity contribution in [2.24, 2.45) is 11.1 Å². The topological polar surface area (TPSA) is 42.2 Å². The van der Waals surface area contributed by atoms with Crippen molar-refractivity contribution in [3.8, 4) is 0 Å². The molecule has 1 aromatic rings. The highest BCUT2D eigenvalue weighted by molar-refractivity contribution is 7.09. The second-order valence-electron chi connectivity index (χ2n) is 5.76. The summed E-state index contributed by atoms with van der Waals surface area (Å²) in [5.41, 5.74) is 9.63. The number of likely N-dealkylation sites (N-methyl/N-ethyl adjacent to an activating group) is 1. The summed E-state index contributed by atoms with van der Waals surface area (Å²) in [5, 5.41) is 0. The summed E-state index contributed by atoms with van der Waals surface area (Å²) in [6, 6.07) is 0. The molecule has 96 valence electrons. The number of aryl methyl sites for hydroxylation is 1.